The third-order valence-corrected chi connectivity index (χ3v) is 0.431. The topological polar surface area (TPSA) is 102 Å². The Labute approximate surface area is 56.3 Å². The van der Waals surface area contributed by atoms with Crippen molar-refractivity contribution in [2.75, 3.05) is 6.61 Å². The van der Waals surface area contributed by atoms with Gasteiger partial charge in [0.15, 0.2) is 0 Å². The lowest BCUT2D eigenvalue weighted by atomic mass is 10.7. The van der Waals surface area contributed by atoms with E-state index < -0.39 is 6.09 Å². The Morgan fingerprint density at radius 1 is 1.90 bits per heavy atom. The molecule has 0 saturated carbocycles. The van der Waals surface area contributed by atoms with Crippen molar-refractivity contribution in [1.29, 1.82) is 0 Å². The number of ether oxygens (including phenoxy) is 1. The summed E-state index contributed by atoms with van der Waals surface area (Å²) in [6, 6.07) is 0. The highest BCUT2D eigenvalue weighted by Crippen LogP contribution is 1.83. The lowest BCUT2D eigenvalue weighted by molar-refractivity contribution is -0.118. The van der Waals surface area contributed by atoms with Gasteiger partial charge in [0.25, 0.3) is 0 Å². The molecule has 0 aliphatic carbocycles. The van der Waals surface area contributed by atoms with Crippen molar-refractivity contribution in [3.8, 4) is 0 Å². The van der Waals surface area contributed by atoms with E-state index in [1.807, 2.05) is 6.40 Å². The molecule has 0 aromatic rings. The molecule has 56 valence electrons. The van der Waals surface area contributed by atoms with Gasteiger partial charge in [-0.3, -0.25) is 0 Å². The van der Waals surface area contributed by atoms with Gasteiger partial charge in [-0.1, -0.05) is 0 Å². The van der Waals surface area contributed by atoms with E-state index in [9.17, 15) is 4.79 Å². The van der Waals surface area contributed by atoms with Gasteiger partial charge in [-0.15, -0.1) is 0 Å². The summed E-state index contributed by atoms with van der Waals surface area (Å²) in [6.45, 7) is 0.0694. The zero-order valence-electron chi connectivity index (χ0n) is 4.90. The normalized spacial score (nSPS) is 13.4. The van der Waals surface area contributed by atoms with Crippen molar-refractivity contribution < 1.29 is 19.4 Å². The highest BCUT2D eigenvalue weighted by molar-refractivity contribution is 5.88. The SMILES string of the molecule is NC(=O)O.O=C1CO[C-]=N1. The van der Waals surface area contributed by atoms with Crippen molar-refractivity contribution in [2.24, 2.45) is 10.7 Å². The Kier molecular flexibility index (Phi) is 3.62. The second-order valence-corrected chi connectivity index (χ2v) is 1.22. The minimum absolute atomic E-state index is 0.0694. The molecule has 0 aromatic carbocycles. The first-order valence-electron chi connectivity index (χ1n) is 2.21. The number of carboxylic acid groups (broad SMARTS) is 1. The fourth-order valence-electron chi connectivity index (χ4n) is 0.209. The molecule has 2 amide bonds. The third-order valence-electron chi connectivity index (χ3n) is 0.431. The van der Waals surface area contributed by atoms with Crippen molar-refractivity contribution in [3.63, 3.8) is 0 Å². The van der Waals surface area contributed by atoms with Gasteiger partial charge in [-0.05, 0) is 0 Å². The predicted octanol–water partition coefficient (Wildman–Crippen LogP) is -0.928. The molecule has 6 heteroatoms. The number of nitrogens with two attached hydrogens (primary N) is 1. The molecule has 0 saturated heterocycles. The lowest BCUT2D eigenvalue weighted by Crippen LogP contribution is -2.03. The molecular formula is C4H5N2O4-. The molecule has 10 heavy (non-hydrogen) atoms. The first kappa shape index (κ1) is 8.41. The van der Waals surface area contributed by atoms with Crippen molar-refractivity contribution in [3.05, 3.63) is 0 Å². The molecule has 0 bridgehead atoms. The molecule has 0 aromatic heterocycles. The number of primary amides is 1. The number of hydrogen-bond acceptors (Lipinski definition) is 3. The Morgan fingerprint density at radius 2 is 2.40 bits per heavy atom. The molecule has 1 aliphatic rings. The molecule has 3 N–H and O–H groups in total. The second-order valence-electron chi connectivity index (χ2n) is 1.22. The maximum Gasteiger partial charge on any atom is 0.402 e. The van der Waals surface area contributed by atoms with Crippen LogP contribution in [0.2, 0.25) is 0 Å². The minimum Gasteiger partial charge on any atom is -0.581 e. The first-order valence-corrected chi connectivity index (χ1v) is 2.21. The fourth-order valence-corrected chi connectivity index (χ4v) is 0.209. The highest BCUT2D eigenvalue weighted by atomic mass is 16.5. The quantitative estimate of drug-likeness (QED) is 0.430. The summed E-state index contributed by atoms with van der Waals surface area (Å²) >= 11 is 0. The van der Waals surface area contributed by atoms with E-state index in [1.165, 1.54) is 0 Å². The van der Waals surface area contributed by atoms with Gasteiger partial charge in [-0.2, -0.15) is 0 Å². The Balaban J connectivity index is 0.000000180. The molecule has 0 fully saturated rings. The van der Waals surface area contributed by atoms with Crippen LogP contribution in [-0.2, 0) is 9.53 Å². The van der Waals surface area contributed by atoms with E-state index in [0.29, 0.717) is 0 Å². The van der Waals surface area contributed by atoms with Gasteiger partial charge < -0.3 is 25.4 Å². The van der Waals surface area contributed by atoms with Gasteiger partial charge in [0.2, 0.25) is 0 Å². The number of nitrogens with zero attached hydrogens (tertiary/aromatic N) is 1. The molecule has 6 nitrogen and oxygen atoms in total. The third kappa shape index (κ3) is 6.41. The van der Waals surface area contributed by atoms with Crippen LogP contribution in [0, 0.1) is 0 Å². The Morgan fingerprint density at radius 3 is 2.50 bits per heavy atom. The van der Waals surface area contributed by atoms with Crippen LogP contribution in [0.15, 0.2) is 4.99 Å². The molecular weight excluding hydrogens is 140 g/mol. The van der Waals surface area contributed by atoms with Crippen molar-refractivity contribution in [1.82, 2.24) is 0 Å². The van der Waals surface area contributed by atoms with Crippen molar-refractivity contribution >= 4 is 18.4 Å². The monoisotopic (exact) mass is 145 g/mol. The Bertz CT molecular complexity index is 161. The number of rotatable bonds is 0. The number of carbonyl (C=O) groups excluding carboxylic acids is 1. The molecule has 0 spiro atoms. The minimum atomic E-state index is -1.33. The van der Waals surface area contributed by atoms with Crippen LogP contribution in [0.3, 0.4) is 0 Å². The van der Waals surface area contributed by atoms with Gasteiger partial charge in [0.1, 0.15) is 5.91 Å². The van der Waals surface area contributed by atoms with E-state index >= 15 is 0 Å². The van der Waals surface area contributed by atoms with Crippen LogP contribution in [-0.4, -0.2) is 30.1 Å². The summed E-state index contributed by atoms with van der Waals surface area (Å²) in [5, 5.41) is 7.19. The number of carbonyl (C=O) groups is 2. The second kappa shape index (κ2) is 4.30. The zero-order chi connectivity index (χ0) is 7.98. The maximum atomic E-state index is 9.89. The molecule has 0 unspecified atom stereocenters. The first-order chi connectivity index (χ1) is 4.63. The number of aliphatic imine (C=N–C) groups is 1. The van der Waals surface area contributed by atoms with Crippen LogP contribution in [0.4, 0.5) is 4.79 Å². The average molecular weight is 145 g/mol. The van der Waals surface area contributed by atoms with Gasteiger partial charge in [-0.25, -0.2) is 4.79 Å². The van der Waals surface area contributed by atoms with E-state index in [-0.39, 0.29) is 12.5 Å². The van der Waals surface area contributed by atoms with Crippen LogP contribution in [0.1, 0.15) is 0 Å². The maximum absolute atomic E-state index is 9.89. The van der Waals surface area contributed by atoms with Crippen molar-refractivity contribution in [2.45, 2.75) is 0 Å². The van der Waals surface area contributed by atoms with E-state index in [0.717, 1.165) is 0 Å². The van der Waals surface area contributed by atoms with E-state index in [4.69, 9.17) is 9.90 Å². The van der Waals surface area contributed by atoms with Gasteiger partial charge in [0, 0.05) is 6.40 Å². The van der Waals surface area contributed by atoms with Crippen LogP contribution < -0.4 is 5.73 Å². The van der Waals surface area contributed by atoms with Gasteiger partial charge in [0.05, 0.1) is 6.61 Å². The van der Waals surface area contributed by atoms with Crippen LogP contribution >= 0.6 is 0 Å². The standard InChI is InChI=1S/C3H2NO2.CH3NO2/c5-3-1-6-2-4-3;2-1(3)4/h1H2;2H2,(H,3,4)/q-1;. The zero-order valence-corrected chi connectivity index (χ0v) is 4.90. The average Bonchev–Trinajstić information content (AvgIpc) is 2.15. The van der Waals surface area contributed by atoms with E-state index in [2.05, 4.69) is 15.5 Å². The smallest absolute Gasteiger partial charge is 0.402 e. The fraction of sp³-hybridized carbons (Fsp3) is 0.250. The molecule has 0 atom stereocenters. The summed E-state index contributed by atoms with van der Waals surface area (Å²) in [7, 11) is 0. The summed E-state index contributed by atoms with van der Waals surface area (Å²) in [5.41, 5.74) is 4.03. The molecule has 1 heterocycles. The van der Waals surface area contributed by atoms with Crippen LogP contribution in [0.5, 0.6) is 0 Å². The van der Waals surface area contributed by atoms with Gasteiger partial charge >= 0.3 is 6.09 Å². The van der Waals surface area contributed by atoms with E-state index in [1.54, 1.807) is 0 Å². The largest absolute Gasteiger partial charge is 0.581 e. The summed E-state index contributed by atoms with van der Waals surface area (Å²) < 4.78 is 4.29. The van der Waals surface area contributed by atoms with Crippen LogP contribution in [0.25, 0.3) is 0 Å². The molecule has 1 rings (SSSR count). The summed E-state index contributed by atoms with van der Waals surface area (Å²) in [5.74, 6) is -0.255. The Hall–Kier alpha value is -1.59. The number of amides is 2. The predicted molar refractivity (Wildman–Crippen MR) is 30.6 cm³/mol. The summed E-state index contributed by atoms with van der Waals surface area (Å²) in [4.78, 5) is 21.8. The molecule has 1 aliphatic heterocycles. The lowest BCUT2D eigenvalue weighted by Gasteiger charge is -1.87. The number of hydrogen-bond donors (Lipinski definition) is 2. The molecule has 0 radical (unpaired) electrons. The summed E-state index contributed by atoms with van der Waals surface area (Å²) in [6.07, 6.45) is 0.714. The highest BCUT2D eigenvalue weighted by Gasteiger charge is 1.87.